The molecule has 0 saturated carbocycles. The predicted octanol–water partition coefficient (Wildman–Crippen LogP) is 2.43. The Bertz CT molecular complexity index is 147. The van der Waals surface area contributed by atoms with Crippen molar-refractivity contribution in [1.29, 1.82) is 0 Å². The van der Waals surface area contributed by atoms with E-state index in [1.807, 2.05) is 0 Å². The van der Waals surface area contributed by atoms with Crippen LogP contribution >= 0.6 is 11.8 Å². The molecular weight excluding hydrogens is 206 g/mol. The maximum absolute atomic E-state index is 5.37. The molecule has 2 aliphatic heterocycles. The highest BCUT2D eigenvalue weighted by atomic mass is 32.2. The fraction of sp³-hybridized carbons (Fsp3) is 1.00. The van der Waals surface area contributed by atoms with E-state index in [1.54, 1.807) is 0 Å². The van der Waals surface area contributed by atoms with E-state index >= 15 is 0 Å². The highest BCUT2D eigenvalue weighted by molar-refractivity contribution is 7.99. The van der Waals surface area contributed by atoms with E-state index in [2.05, 4.69) is 17.1 Å². The lowest BCUT2D eigenvalue weighted by Gasteiger charge is -2.25. The Labute approximate surface area is 97.5 Å². The second-order valence-electron chi connectivity index (χ2n) is 4.62. The fourth-order valence-electron chi connectivity index (χ4n) is 2.39. The molecule has 0 aliphatic carbocycles. The molecule has 2 saturated heterocycles. The van der Waals surface area contributed by atoms with Crippen LogP contribution in [0.15, 0.2) is 0 Å². The quantitative estimate of drug-likeness (QED) is 0.800. The van der Waals surface area contributed by atoms with Crippen LogP contribution in [0.3, 0.4) is 0 Å². The number of piperidine rings is 1. The first-order valence-electron chi connectivity index (χ1n) is 6.38. The summed E-state index contributed by atoms with van der Waals surface area (Å²) in [5, 5.41) is 4.50. The summed E-state index contributed by atoms with van der Waals surface area (Å²) in [7, 11) is 0. The molecule has 1 atom stereocenters. The van der Waals surface area contributed by atoms with Crippen LogP contribution in [0.2, 0.25) is 0 Å². The van der Waals surface area contributed by atoms with Gasteiger partial charge in [-0.1, -0.05) is 6.42 Å². The van der Waals surface area contributed by atoms with Crippen LogP contribution in [-0.4, -0.2) is 36.8 Å². The highest BCUT2D eigenvalue weighted by Crippen LogP contribution is 2.23. The van der Waals surface area contributed by atoms with Gasteiger partial charge in [0.1, 0.15) is 0 Å². The third-order valence-electron chi connectivity index (χ3n) is 3.40. The molecule has 2 rings (SSSR count). The summed E-state index contributed by atoms with van der Waals surface area (Å²) < 4.78 is 5.37. The second kappa shape index (κ2) is 6.77. The lowest BCUT2D eigenvalue weighted by Crippen LogP contribution is -2.34. The molecule has 0 amide bonds. The first-order valence-corrected chi connectivity index (χ1v) is 7.43. The monoisotopic (exact) mass is 229 g/mol. The Balaban J connectivity index is 1.53. The van der Waals surface area contributed by atoms with E-state index < -0.39 is 0 Å². The Morgan fingerprint density at radius 3 is 2.73 bits per heavy atom. The summed E-state index contributed by atoms with van der Waals surface area (Å²) >= 11 is 2.17. The normalized spacial score (nSPS) is 29.2. The number of rotatable bonds is 4. The molecule has 1 N–H and O–H groups in total. The zero-order valence-electron chi connectivity index (χ0n) is 9.54. The Hall–Kier alpha value is 0.270. The van der Waals surface area contributed by atoms with E-state index in [-0.39, 0.29) is 0 Å². The molecule has 2 aliphatic rings. The van der Waals surface area contributed by atoms with E-state index in [4.69, 9.17) is 4.74 Å². The molecular formula is C12H23NOS. The summed E-state index contributed by atoms with van der Waals surface area (Å²) in [6.07, 6.45) is 8.10. The van der Waals surface area contributed by atoms with Gasteiger partial charge in [0.05, 0.1) is 0 Å². The van der Waals surface area contributed by atoms with Gasteiger partial charge in [0, 0.05) is 24.5 Å². The molecule has 2 nitrogen and oxygen atoms in total. The standard InChI is InChI=1S/C12H23NOS/c1-2-7-13-11(3-1)6-10-15-12-4-8-14-9-5-12/h11-13H,1-10H2. The van der Waals surface area contributed by atoms with Crippen molar-refractivity contribution in [2.75, 3.05) is 25.5 Å². The summed E-state index contributed by atoms with van der Waals surface area (Å²) in [4.78, 5) is 0. The Morgan fingerprint density at radius 2 is 2.00 bits per heavy atom. The number of hydrogen-bond acceptors (Lipinski definition) is 3. The third kappa shape index (κ3) is 4.33. The van der Waals surface area contributed by atoms with E-state index in [0.717, 1.165) is 24.5 Å². The van der Waals surface area contributed by atoms with Gasteiger partial charge in [-0.3, -0.25) is 0 Å². The van der Waals surface area contributed by atoms with Crippen molar-refractivity contribution in [2.45, 2.75) is 49.8 Å². The van der Waals surface area contributed by atoms with Crippen LogP contribution < -0.4 is 5.32 Å². The minimum Gasteiger partial charge on any atom is -0.381 e. The predicted molar refractivity (Wildman–Crippen MR) is 66.6 cm³/mol. The van der Waals surface area contributed by atoms with Crippen molar-refractivity contribution in [3.05, 3.63) is 0 Å². The van der Waals surface area contributed by atoms with Gasteiger partial charge < -0.3 is 10.1 Å². The van der Waals surface area contributed by atoms with Gasteiger partial charge in [-0.25, -0.2) is 0 Å². The highest BCUT2D eigenvalue weighted by Gasteiger charge is 2.16. The van der Waals surface area contributed by atoms with Gasteiger partial charge in [-0.15, -0.1) is 0 Å². The zero-order chi connectivity index (χ0) is 10.3. The Kier molecular flexibility index (Phi) is 5.30. The number of thioether (sulfide) groups is 1. The maximum atomic E-state index is 5.37. The van der Waals surface area contributed by atoms with Gasteiger partial charge >= 0.3 is 0 Å². The zero-order valence-corrected chi connectivity index (χ0v) is 10.4. The van der Waals surface area contributed by atoms with E-state index in [9.17, 15) is 0 Å². The van der Waals surface area contributed by atoms with Crippen LogP contribution in [-0.2, 0) is 4.74 Å². The molecule has 0 spiro atoms. The minimum absolute atomic E-state index is 0.811. The average molecular weight is 229 g/mol. The molecule has 1 unspecified atom stereocenters. The van der Waals surface area contributed by atoms with Crippen LogP contribution in [0.4, 0.5) is 0 Å². The molecule has 0 aromatic heterocycles. The van der Waals surface area contributed by atoms with E-state index in [0.29, 0.717) is 0 Å². The van der Waals surface area contributed by atoms with Crippen molar-refractivity contribution in [2.24, 2.45) is 0 Å². The molecule has 2 heterocycles. The van der Waals surface area contributed by atoms with Gasteiger partial charge in [0.25, 0.3) is 0 Å². The lowest BCUT2D eigenvalue weighted by atomic mass is 10.0. The summed E-state index contributed by atoms with van der Waals surface area (Å²) in [6.45, 7) is 3.21. The van der Waals surface area contributed by atoms with Crippen LogP contribution in [0, 0.1) is 0 Å². The van der Waals surface area contributed by atoms with Gasteiger partial charge in [-0.2, -0.15) is 11.8 Å². The maximum Gasteiger partial charge on any atom is 0.0476 e. The molecule has 88 valence electrons. The topological polar surface area (TPSA) is 21.3 Å². The van der Waals surface area contributed by atoms with Crippen LogP contribution in [0.5, 0.6) is 0 Å². The van der Waals surface area contributed by atoms with Crippen LogP contribution in [0.25, 0.3) is 0 Å². The van der Waals surface area contributed by atoms with Gasteiger partial charge in [0.2, 0.25) is 0 Å². The summed E-state index contributed by atoms with van der Waals surface area (Å²) in [5.41, 5.74) is 0. The molecule has 0 bridgehead atoms. The molecule has 2 fully saturated rings. The van der Waals surface area contributed by atoms with Crippen molar-refractivity contribution >= 4 is 11.8 Å². The van der Waals surface area contributed by atoms with E-state index in [1.165, 1.54) is 50.8 Å². The smallest absolute Gasteiger partial charge is 0.0476 e. The Morgan fingerprint density at radius 1 is 1.13 bits per heavy atom. The van der Waals surface area contributed by atoms with Gasteiger partial charge in [0.15, 0.2) is 0 Å². The largest absolute Gasteiger partial charge is 0.381 e. The van der Waals surface area contributed by atoms with Gasteiger partial charge in [-0.05, 0) is 44.4 Å². The number of ether oxygens (including phenoxy) is 1. The van der Waals surface area contributed by atoms with Crippen molar-refractivity contribution in [1.82, 2.24) is 5.32 Å². The minimum atomic E-state index is 0.811. The summed E-state index contributed by atoms with van der Waals surface area (Å²) in [6, 6.07) is 0.811. The summed E-state index contributed by atoms with van der Waals surface area (Å²) in [5.74, 6) is 1.34. The molecule has 3 heteroatoms. The molecule has 0 aromatic rings. The van der Waals surface area contributed by atoms with Crippen molar-refractivity contribution in [3.8, 4) is 0 Å². The SMILES string of the molecule is C1CCC(CCSC2CCOCC2)NC1. The first kappa shape index (κ1) is 11.7. The third-order valence-corrected chi connectivity index (χ3v) is 4.81. The second-order valence-corrected chi connectivity index (χ2v) is 6.03. The fourth-order valence-corrected chi connectivity index (χ4v) is 3.67. The lowest BCUT2D eigenvalue weighted by molar-refractivity contribution is 0.1000. The van der Waals surface area contributed by atoms with Crippen molar-refractivity contribution in [3.63, 3.8) is 0 Å². The van der Waals surface area contributed by atoms with Crippen molar-refractivity contribution < 1.29 is 4.74 Å². The average Bonchev–Trinajstić information content (AvgIpc) is 2.32. The first-order chi connectivity index (χ1) is 7.45. The van der Waals surface area contributed by atoms with Crippen LogP contribution in [0.1, 0.15) is 38.5 Å². The molecule has 0 aromatic carbocycles. The number of nitrogens with one attached hydrogen (secondary N) is 1. The molecule has 0 radical (unpaired) electrons. The molecule has 15 heavy (non-hydrogen) atoms. The number of hydrogen-bond donors (Lipinski definition) is 1.